The molecule has 0 radical (unpaired) electrons. The fourth-order valence-corrected chi connectivity index (χ4v) is 3.93. The van der Waals surface area contributed by atoms with E-state index >= 15 is 0 Å². The standard InChI is InChI=1S/C12H14ClN3O2S/c1-14-11(17)12(10(13)7-15-16-12)19(18)8-9-5-3-2-4-6-9/h2-6,10H,7-8H2,1H3,(H,14,17)/t10-,12+,19+/m0/s1. The molecule has 7 heteroatoms. The van der Waals surface area contributed by atoms with Crippen LogP contribution in [0.2, 0.25) is 0 Å². The molecule has 19 heavy (non-hydrogen) atoms. The molecule has 1 amide bonds. The van der Waals surface area contributed by atoms with Gasteiger partial charge in [0.25, 0.3) is 10.8 Å². The molecule has 102 valence electrons. The molecular formula is C12H14ClN3O2S. The molecule has 0 saturated heterocycles. The number of alkyl halides is 1. The van der Waals surface area contributed by atoms with Gasteiger partial charge in [0.15, 0.2) is 0 Å². The summed E-state index contributed by atoms with van der Waals surface area (Å²) in [6.45, 7) is 0.204. The summed E-state index contributed by atoms with van der Waals surface area (Å²) in [5, 5.41) is 9.48. The smallest absolute Gasteiger partial charge is 0.264 e. The predicted molar refractivity (Wildman–Crippen MR) is 74.5 cm³/mol. The van der Waals surface area contributed by atoms with Crippen molar-refractivity contribution in [1.29, 1.82) is 0 Å². The minimum absolute atomic E-state index is 0.204. The van der Waals surface area contributed by atoms with E-state index in [4.69, 9.17) is 11.6 Å². The van der Waals surface area contributed by atoms with Crippen molar-refractivity contribution in [3.63, 3.8) is 0 Å². The van der Waals surface area contributed by atoms with Crippen LogP contribution in [-0.4, -0.2) is 34.0 Å². The van der Waals surface area contributed by atoms with Crippen molar-refractivity contribution in [1.82, 2.24) is 5.32 Å². The van der Waals surface area contributed by atoms with Gasteiger partial charge in [0, 0.05) is 7.05 Å². The second-order valence-electron chi connectivity index (χ2n) is 4.14. The first kappa shape index (κ1) is 14.1. The number of likely N-dealkylation sites (N-methyl/N-ethyl adjacent to an activating group) is 1. The van der Waals surface area contributed by atoms with E-state index in [1.54, 1.807) is 0 Å². The van der Waals surface area contributed by atoms with Crippen LogP contribution in [0.3, 0.4) is 0 Å². The molecular weight excluding hydrogens is 286 g/mol. The van der Waals surface area contributed by atoms with E-state index in [1.807, 2.05) is 30.3 Å². The van der Waals surface area contributed by atoms with Crippen LogP contribution < -0.4 is 5.32 Å². The van der Waals surface area contributed by atoms with Gasteiger partial charge in [-0.1, -0.05) is 30.3 Å². The van der Waals surface area contributed by atoms with Crippen molar-refractivity contribution in [2.45, 2.75) is 16.0 Å². The van der Waals surface area contributed by atoms with Crippen LogP contribution in [0, 0.1) is 0 Å². The zero-order valence-electron chi connectivity index (χ0n) is 10.4. The van der Waals surface area contributed by atoms with Gasteiger partial charge in [-0.15, -0.1) is 11.6 Å². The van der Waals surface area contributed by atoms with Crippen molar-refractivity contribution in [3.8, 4) is 0 Å². The largest absolute Gasteiger partial charge is 0.356 e. The topological polar surface area (TPSA) is 70.9 Å². The fourth-order valence-electron chi connectivity index (χ4n) is 1.90. The molecule has 3 atom stereocenters. The summed E-state index contributed by atoms with van der Waals surface area (Å²) < 4.78 is 12.6. The van der Waals surface area contributed by atoms with Gasteiger partial charge in [-0.3, -0.25) is 9.00 Å². The summed E-state index contributed by atoms with van der Waals surface area (Å²) in [7, 11) is -0.0960. The lowest BCUT2D eigenvalue weighted by atomic mass is 10.2. The second kappa shape index (κ2) is 5.79. The van der Waals surface area contributed by atoms with E-state index in [1.165, 1.54) is 7.05 Å². The number of nitrogens with one attached hydrogen (secondary N) is 1. The highest BCUT2D eigenvalue weighted by Crippen LogP contribution is 2.33. The highest BCUT2D eigenvalue weighted by molar-refractivity contribution is 7.86. The van der Waals surface area contributed by atoms with Crippen molar-refractivity contribution >= 4 is 28.3 Å². The Balaban J connectivity index is 2.28. The summed E-state index contributed by atoms with van der Waals surface area (Å²) in [6.07, 6.45) is 0. The Morgan fingerprint density at radius 3 is 2.74 bits per heavy atom. The normalized spacial score (nSPS) is 27.2. The number of azo groups is 1. The first-order chi connectivity index (χ1) is 9.11. The van der Waals surface area contributed by atoms with Gasteiger partial charge >= 0.3 is 0 Å². The van der Waals surface area contributed by atoms with Gasteiger partial charge in [0.2, 0.25) is 0 Å². The van der Waals surface area contributed by atoms with Crippen LogP contribution in [0.15, 0.2) is 40.6 Å². The first-order valence-corrected chi connectivity index (χ1v) is 7.54. The number of amides is 1. The van der Waals surface area contributed by atoms with E-state index in [9.17, 15) is 9.00 Å². The van der Waals surface area contributed by atoms with E-state index in [-0.39, 0.29) is 12.3 Å². The number of hydrogen-bond donors (Lipinski definition) is 1. The number of carbonyl (C=O) groups excluding carboxylic acids is 1. The minimum Gasteiger partial charge on any atom is -0.356 e. The molecule has 0 fully saturated rings. The Morgan fingerprint density at radius 1 is 1.53 bits per heavy atom. The van der Waals surface area contributed by atoms with Crippen LogP contribution in [0.5, 0.6) is 0 Å². The SMILES string of the molecule is CNC(=O)[C@@]1([S@](=O)Cc2ccccc2)N=NC[C@@H]1Cl. The van der Waals surface area contributed by atoms with E-state index in [0.717, 1.165) is 5.56 Å². The Bertz CT molecular complexity index is 523. The summed E-state index contributed by atoms with van der Waals surface area (Å²) in [6, 6.07) is 9.29. The zero-order chi connectivity index (χ0) is 13.9. The Morgan fingerprint density at radius 2 is 2.21 bits per heavy atom. The molecule has 1 heterocycles. The number of rotatable bonds is 4. The highest BCUT2D eigenvalue weighted by Gasteiger charge is 2.53. The third-order valence-electron chi connectivity index (χ3n) is 2.93. The maximum atomic E-state index is 12.6. The van der Waals surface area contributed by atoms with Gasteiger partial charge < -0.3 is 5.32 Å². The first-order valence-electron chi connectivity index (χ1n) is 5.78. The molecule has 5 nitrogen and oxygen atoms in total. The molecule has 1 aliphatic heterocycles. The molecule has 1 N–H and O–H groups in total. The van der Waals surface area contributed by atoms with Crippen LogP contribution in [0.25, 0.3) is 0 Å². The van der Waals surface area contributed by atoms with Gasteiger partial charge in [0.05, 0.1) is 23.1 Å². The van der Waals surface area contributed by atoms with Crippen LogP contribution >= 0.6 is 11.6 Å². The van der Waals surface area contributed by atoms with Gasteiger partial charge in [-0.2, -0.15) is 10.2 Å². The monoisotopic (exact) mass is 299 g/mol. The average Bonchev–Trinajstić information content (AvgIpc) is 2.82. The van der Waals surface area contributed by atoms with Crippen molar-refractivity contribution < 1.29 is 9.00 Å². The van der Waals surface area contributed by atoms with Gasteiger partial charge in [-0.05, 0) is 5.56 Å². The zero-order valence-corrected chi connectivity index (χ0v) is 11.9. The van der Waals surface area contributed by atoms with E-state index < -0.39 is 27.0 Å². The van der Waals surface area contributed by atoms with Crippen LogP contribution in [0.1, 0.15) is 5.56 Å². The van der Waals surface area contributed by atoms with Crippen molar-refractivity contribution in [2.24, 2.45) is 10.2 Å². The molecule has 0 bridgehead atoms. The molecule has 1 aliphatic rings. The molecule has 0 aliphatic carbocycles. The van der Waals surface area contributed by atoms with Crippen LogP contribution in [0.4, 0.5) is 0 Å². The van der Waals surface area contributed by atoms with Gasteiger partial charge in [-0.25, -0.2) is 0 Å². The summed E-state index contributed by atoms with van der Waals surface area (Å²) >= 11 is 6.13. The molecule has 1 aromatic carbocycles. The lowest BCUT2D eigenvalue weighted by molar-refractivity contribution is -0.122. The quantitative estimate of drug-likeness (QED) is 0.855. The van der Waals surface area contributed by atoms with E-state index in [2.05, 4.69) is 15.5 Å². The number of halogens is 1. The number of nitrogens with zero attached hydrogens (tertiary/aromatic N) is 2. The number of benzene rings is 1. The molecule has 0 aromatic heterocycles. The molecule has 1 aromatic rings. The third kappa shape index (κ3) is 2.55. The Labute approximate surface area is 118 Å². The maximum Gasteiger partial charge on any atom is 0.264 e. The van der Waals surface area contributed by atoms with Crippen molar-refractivity contribution in [2.75, 3.05) is 13.6 Å². The number of carbonyl (C=O) groups is 1. The summed E-state index contributed by atoms with van der Waals surface area (Å²) in [4.78, 5) is 10.6. The third-order valence-corrected chi connectivity index (χ3v) is 5.35. The van der Waals surface area contributed by atoms with Crippen molar-refractivity contribution in [3.05, 3.63) is 35.9 Å². The van der Waals surface area contributed by atoms with Crippen LogP contribution in [-0.2, 0) is 21.3 Å². The van der Waals surface area contributed by atoms with Gasteiger partial charge in [0.1, 0.15) is 5.38 Å². The lowest BCUT2D eigenvalue weighted by Crippen LogP contribution is -2.52. The summed E-state index contributed by atoms with van der Waals surface area (Å²) in [5.74, 6) is -0.237. The number of hydrogen-bond acceptors (Lipinski definition) is 4. The Hall–Kier alpha value is -1.27. The predicted octanol–water partition coefficient (Wildman–Crippen LogP) is 1.45. The minimum atomic E-state index is -1.57. The lowest BCUT2D eigenvalue weighted by Gasteiger charge is -2.25. The molecule has 0 saturated carbocycles. The summed E-state index contributed by atoms with van der Waals surface area (Å²) in [5.41, 5.74) is 0.870. The van der Waals surface area contributed by atoms with E-state index in [0.29, 0.717) is 0 Å². The maximum absolute atomic E-state index is 12.6. The second-order valence-corrected chi connectivity index (χ2v) is 6.27. The Kier molecular flexibility index (Phi) is 4.31. The molecule has 0 spiro atoms. The fraction of sp³-hybridized carbons (Fsp3) is 0.417. The average molecular weight is 300 g/mol. The highest BCUT2D eigenvalue weighted by atomic mass is 35.5. The molecule has 2 rings (SSSR count). The molecule has 0 unspecified atom stereocenters.